The van der Waals surface area contributed by atoms with Crippen LogP contribution < -0.4 is 0 Å². The zero-order valence-corrected chi connectivity index (χ0v) is 19.8. The molecule has 4 fully saturated rings. The second kappa shape index (κ2) is 9.82. The summed E-state index contributed by atoms with van der Waals surface area (Å²) in [6.07, 6.45) is -11.9. The van der Waals surface area contributed by atoms with Crippen molar-refractivity contribution >= 4 is 23.9 Å². The molecule has 220 valence electrons. The quantitative estimate of drug-likeness (QED) is 0.113. The van der Waals surface area contributed by atoms with E-state index in [1.54, 1.807) is 0 Å². The van der Waals surface area contributed by atoms with Gasteiger partial charge in [0.1, 0.15) is 24.9 Å². The van der Waals surface area contributed by atoms with Crippen LogP contribution in [0, 0.1) is 0 Å². The van der Waals surface area contributed by atoms with Crippen molar-refractivity contribution in [2.45, 2.75) is 79.2 Å². The van der Waals surface area contributed by atoms with Crippen molar-refractivity contribution in [2.75, 3.05) is 19.8 Å². The van der Waals surface area contributed by atoms with E-state index in [-0.39, 0.29) is 0 Å². The summed E-state index contributed by atoms with van der Waals surface area (Å²) in [5, 5.41) is 85.1. The van der Waals surface area contributed by atoms with Crippen LogP contribution >= 0.6 is 0 Å². The lowest BCUT2D eigenvalue weighted by Crippen LogP contribution is -2.89. The second-order valence-electron chi connectivity index (χ2n) is 9.07. The number of hydrogen-bond acceptors (Lipinski definition) is 19. The molecule has 0 amide bonds. The third kappa shape index (κ3) is 4.17. The number of aliphatic hydroxyl groups is 8. The number of carbonyl (C=O) groups excluding carboxylic acids is 4. The molecule has 0 saturated carbocycles. The average molecular weight is 570 g/mol. The number of carbonyl (C=O) groups is 4. The number of rotatable bonds is 5. The third-order valence-electron chi connectivity index (χ3n) is 6.58. The van der Waals surface area contributed by atoms with Crippen molar-refractivity contribution in [1.29, 1.82) is 0 Å². The van der Waals surface area contributed by atoms with Gasteiger partial charge >= 0.3 is 47.2 Å². The van der Waals surface area contributed by atoms with Crippen LogP contribution in [-0.4, -0.2) is 138 Å². The van der Waals surface area contributed by atoms with Crippen LogP contribution in [0.15, 0.2) is 0 Å². The third-order valence-corrected chi connectivity index (χ3v) is 6.58. The fraction of sp³-hybridized carbons (Fsp3) is 0.800. The van der Waals surface area contributed by atoms with E-state index in [1.807, 2.05) is 0 Å². The Balaban J connectivity index is 1.99. The summed E-state index contributed by atoms with van der Waals surface area (Å²) < 4.78 is 35.3. The van der Waals surface area contributed by atoms with Crippen LogP contribution in [0.3, 0.4) is 0 Å². The molecule has 0 spiro atoms. The van der Waals surface area contributed by atoms with Crippen molar-refractivity contribution in [1.82, 2.24) is 0 Å². The van der Waals surface area contributed by atoms with Gasteiger partial charge in [-0.15, -0.1) is 0 Å². The van der Waals surface area contributed by atoms with Gasteiger partial charge < -0.3 is 64.5 Å². The summed E-state index contributed by atoms with van der Waals surface area (Å²) in [6, 6.07) is 0. The van der Waals surface area contributed by atoms with Crippen molar-refractivity contribution in [2.24, 2.45) is 0 Å². The Morgan fingerprint density at radius 2 is 1.23 bits per heavy atom. The molecule has 0 aromatic rings. The SMILES string of the molecule is O=C1CCC(=O)O[C@]2(O)[C@@](OC3(CO)O[C@H](CO)[C@@H](O)[C@@H]3O)(O1)O[C@H](CO)[C@]1(O)OC(=O)CCC(=O)O[C@@]21O. The Morgan fingerprint density at radius 1 is 0.718 bits per heavy atom. The molecule has 4 aliphatic rings. The molecule has 0 aromatic heterocycles. The molecule has 39 heavy (non-hydrogen) atoms. The normalized spacial score (nSPS) is 46.8. The molecular weight excluding hydrogens is 544 g/mol. The van der Waals surface area contributed by atoms with Gasteiger partial charge in [-0.1, -0.05) is 0 Å². The minimum absolute atomic E-state index is 0.738. The van der Waals surface area contributed by atoms with Crippen molar-refractivity contribution < 1.29 is 93.2 Å². The topological polar surface area (TPSA) is 295 Å². The van der Waals surface area contributed by atoms with Crippen LogP contribution in [-0.2, 0) is 52.3 Å². The highest BCUT2D eigenvalue weighted by atomic mass is 17.0. The molecule has 0 radical (unpaired) electrons. The van der Waals surface area contributed by atoms with E-state index in [9.17, 15) is 60.0 Å². The maximum absolute atomic E-state index is 12.6. The zero-order valence-electron chi connectivity index (χ0n) is 19.8. The molecule has 4 aliphatic heterocycles. The standard InChI is InChI=1S/C20H26O19/c21-5-8-14(28)15(29)16(7-23,33-8)39-20-19(32,37-12(26)3-4-13(27)38-20)18(31)17(30,9(6-22)34-20)35-10(24)1-2-11(25)36-18/h8-9,14-15,21-23,28-32H,1-7H2/t8-,9-,14-,15+,16?,17+,18-,19+,20+/m1/s1. The zero-order chi connectivity index (χ0) is 29.0. The fourth-order valence-corrected chi connectivity index (χ4v) is 4.54. The molecule has 4 saturated heterocycles. The van der Waals surface area contributed by atoms with Crippen molar-refractivity contribution in [3.63, 3.8) is 0 Å². The Bertz CT molecular complexity index is 1030. The summed E-state index contributed by atoms with van der Waals surface area (Å²) in [6.45, 7) is -3.98. The van der Waals surface area contributed by atoms with Gasteiger partial charge in [0.15, 0.2) is 6.10 Å². The number of esters is 4. The summed E-state index contributed by atoms with van der Waals surface area (Å²) in [5.41, 5.74) is 0. The monoisotopic (exact) mass is 570 g/mol. The molecule has 0 aliphatic carbocycles. The predicted molar refractivity (Wildman–Crippen MR) is 107 cm³/mol. The lowest BCUT2D eigenvalue weighted by molar-refractivity contribution is -0.616. The lowest BCUT2D eigenvalue weighted by Gasteiger charge is -2.60. The summed E-state index contributed by atoms with van der Waals surface area (Å²) >= 11 is 0. The van der Waals surface area contributed by atoms with E-state index in [2.05, 4.69) is 0 Å². The molecule has 0 bridgehead atoms. The van der Waals surface area contributed by atoms with Crippen LogP contribution in [0.4, 0.5) is 0 Å². The highest BCUT2D eigenvalue weighted by molar-refractivity contribution is 5.80. The van der Waals surface area contributed by atoms with E-state index in [0.29, 0.717) is 0 Å². The van der Waals surface area contributed by atoms with E-state index in [1.165, 1.54) is 0 Å². The van der Waals surface area contributed by atoms with E-state index in [0.717, 1.165) is 0 Å². The van der Waals surface area contributed by atoms with Gasteiger partial charge in [-0.3, -0.25) is 28.7 Å². The molecule has 9 atom stereocenters. The number of aliphatic hydroxyl groups excluding tert-OH is 5. The molecule has 1 unspecified atom stereocenters. The van der Waals surface area contributed by atoms with Gasteiger partial charge in [0.25, 0.3) is 0 Å². The van der Waals surface area contributed by atoms with Crippen LogP contribution in [0.5, 0.6) is 0 Å². The fourth-order valence-electron chi connectivity index (χ4n) is 4.54. The Labute approximate surface area is 216 Å². The van der Waals surface area contributed by atoms with Crippen LogP contribution in [0.25, 0.3) is 0 Å². The molecule has 0 aromatic carbocycles. The van der Waals surface area contributed by atoms with Gasteiger partial charge in [-0.05, 0) is 0 Å². The maximum Gasteiger partial charge on any atom is 0.409 e. The van der Waals surface area contributed by atoms with Crippen LogP contribution in [0.2, 0.25) is 0 Å². The molecular formula is C20H26O19. The minimum atomic E-state index is -4.30. The summed E-state index contributed by atoms with van der Waals surface area (Å²) in [7, 11) is 0. The average Bonchev–Trinajstić information content (AvgIpc) is 3.11. The van der Waals surface area contributed by atoms with Crippen molar-refractivity contribution in [3.05, 3.63) is 0 Å². The second-order valence-corrected chi connectivity index (χ2v) is 9.07. The predicted octanol–water partition coefficient (Wildman–Crippen LogP) is -6.32. The summed E-state index contributed by atoms with van der Waals surface area (Å²) in [4.78, 5) is 49.9. The first kappa shape index (κ1) is 29.4. The number of fused-ring (bicyclic) bond motifs is 3. The van der Waals surface area contributed by atoms with E-state index < -0.39 is 123 Å². The van der Waals surface area contributed by atoms with Gasteiger partial charge in [-0.25, -0.2) is 0 Å². The van der Waals surface area contributed by atoms with Crippen molar-refractivity contribution in [3.8, 4) is 0 Å². The molecule has 19 heteroatoms. The largest absolute Gasteiger partial charge is 0.423 e. The first-order valence-electron chi connectivity index (χ1n) is 11.5. The summed E-state index contributed by atoms with van der Waals surface area (Å²) in [5.74, 6) is -25.3. The highest BCUT2D eigenvalue weighted by Crippen LogP contribution is 2.55. The molecule has 4 rings (SSSR count). The lowest BCUT2D eigenvalue weighted by atomic mass is 9.85. The Hall–Kier alpha value is -2.56. The first-order chi connectivity index (χ1) is 18.2. The van der Waals surface area contributed by atoms with E-state index in [4.69, 9.17) is 33.2 Å². The number of hydrogen-bond donors (Lipinski definition) is 8. The van der Waals surface area contributed by atoms with E-state index >= 15 is 0 Å². The molecule has 8 N–H and O–H groups in total. The Morgan fingerprint density at radius 3 is 1.72 bits per heavy atom. The van der Waals surface area contributed by atoms with Gasteiger partial charge in [0.05, 0.1) is 38.9 Å². The maximum atomic E-state index is 12.6. The Kier molecular flexibility index (Phi) is 7.41. The smallest absolute Gasteiger partial charge is 0.409 e. The first-order valence-corrected chi connectivity index (χ1v) is 11.5. The van der Waals surface area contributed by atoms with Gasteiger partial charge in [0, 0.05) is 0 Å². The van der Waals surface area contributed by atoms with Crippen LogP contribution in [0.1, 0.15) is 25.7 Å². The molecule has 19 nitrogen and oxygen atoms in total. The molecule has 4 heterocycles. The highest BCUT2D eigenvalue weighted by Gasteiger charge is 2.89. The van der Waals surface area contributed by atoms with Gasteiger partial charge in [-0.2, -0.15) is 0 Å². The minimum Gasteiger partial charge on any atom is -0.423 e. The van der Waals surface area contributed by atoms with Gasteiger partial charge in [0.2, 0.25) is 5.79 Å². The number of ether oxygens (including phenoxy) is 7.